The normalized spacial score (nSPS) is 12.6. The summed E-state index contributed by atoms with van der Waals surface area (Å²) >= 11 is 5.76. The van der Waals surface area contributed by atoms with Gasteiger partial charge in [0, 0.05) is 29.2 Å². The summed E-state index contributed by atoms with van der Waals surface area (Å²) in [5.74, 6) is 2.15. The van der Waals surface area contributed by atoms with Gasteiger partial charge in [-0.1, -0.05) is 0 Å². The Hall–Kier alpha value is -3.30. The molecule has 3 aromatic rings. The maximum Gasteiger partial charge on any atom is 0.253 e. The predicted molar refractivity (Wildman–Crippen MR) is 143 cm³/mol. The molecule has 1 aromatic heterocycles. The van der Waals surface area contributed by atoms with Crippen LogP contribution in [0.2, 0.25) is 0 Å². The summed E-state index contributed by atoms with van der Waals surface area (Å²) in [4.78, 5) is 20.1. The first-order chi connectivity index (χ1) is 16.9. The number of thiocarbonyl (C=S) groups is 1. The minimum absolute atomic E-state index is 0.143. The SMILES string of the molecule is CCOc1ccc(NC(=S)N(CCCN(C)C)Cc2cc3cc4c(cc3[nH]c2=O)OCCO4)cc1. The Kier molecular flexibility index (Phi) is 8.09. The molecule has 4 rings (SSSR count). The minimum Gasteiger partial charge on any atom is -0.494 e. The molecule has 0 spiro atoms. The van der Waals surface area contributed by atoms with Crippen LogP contribution in [0.3, 0.4) is 0 Å². The summed E-state index contributed by atoms with van der Waals surface area (Å²) in [5.41, 5.74) is 2.08. The number of fused-ring (bicyclic) bond motifs is 2. The summed E-state index contributed by atoms with van der Waals surface area (Å²) in [5, 5.41) is 4.76. The van der Waals surface area contributed by atoms with Crippen LogP contribution in [0.25, 0.3) is 10.9 Å². The summed E-state index contributed by atoms with van der Waals surface area (Å²) < 4.78 is 16.9. The monoisotopic (exact) mass is 496 g/mol. The fourth-order valence-electron chi connectivity index (χ4n) is 3.94. The molecular weight excluding hydrogens is 464 g/mol. The van der Waals surface area contributed by atoms with Gasteiger partial charge in [0.1, 0.15) is 19.0 Å². The second kappa shape index (κ2) is 11.4. The molecule has 0 saturated carbocycles. The van der Waals surface area contributed by atoms with Crippen molar-refractivity contribution in [2.45, 2.75) is 19.9 Å². The number of nitrogens with zero attached hydrogens (tertiary/aromatic N) is 2. The van der Waals surface area contributed by atoms with Crippen molar-refractivity contribution in [3.05, 3.63) is 58.4 Å². The molecule has 2 N–H and O–H groups in total. The number of aromatic amines is 1. The number of anilines is 1. The number of benzene rings is 2. The zero-order valence-corrected chi connectivity index (χ0v) is 21.2. The van der Waals surface area contributed by atoms with Crippen molar-refractivity contribution in [3.8, 4) is 17.2 Å². The van der Waals surface area contributed by atoms with Crippen LogP contribution in [0, 0.1) is 0 Å². The minimum atomic E-state index is -0.143. The van der Waals surface area contributed by atoms with Gasteiger partial charge in [-0.15, -0.1) is 0 Å². The third kappa shape index (κ3) is 6.43. The number of hydrogen-bond donors (Lipinski definition) is 2. The Morgan fingerprint density at radius 1 is 1.09 bits per heavy atom. The van der Waals surface area contributed by atoms with E-state index in [4.69, 9.17) is 26.4 Å². The molecule has 0 saturated heterocycles. The van der Waals surface area contributed by atoms with Gasteiger partial charge in [-0.3, -0.25) is 4.79 Å². The number of aromatic nitrogens is 1. The van der Waals surface area contributed by atoms with Gasteiger partial charge in [0.15, 0.2) is 16.6 Å². The number of pyridine rings is 1. The molecule has 0 atom stereocenters. The van der Waals surface area contributed by atoms with E-state index in [1.165, 1.54) is 0 Å². The highest BCUT2D eigenvalue weighted by molar-refractivity contribution is 7.80. The Labute approximate surface area is 210 Å². The van der Waals surface area contributed by atoms with Gasteiger partial charge in [0.05, 0.1) is 18.7 Å². The smallest absolute Gasteiger partial charge is 0.253 e. The van der Waals surface area contributed by atoms with E-state index >= 15 is 0 Å². The van der Waals surface area contributed by atoms with Crippen molar-refractivity contribution in [1.29, 1.82) is 0 Å². The number of H-pyrrole nitrogens is 1. The molecule has 0 radical (unpaired) electrons. The van der Waals surface area contributed by atoms with Crippen molar-refractivity contribution in [3.63, 3.8) is 0 Å². The molecule has 8 nitrogen and oxygen atoms in total. The van der Waals surface area contributed by atoms with Crippen LogP contribution in [-0.4, -0.2) is 66.9 Å². The van der Waals surface area contributed by atoms with Crippen molar-refractivity contribution in [2.75, 3.05) is 52.3 Å². The lowest BCUT2D eigenvalue weighted by atomic mass is 10.1. The Morgan fingerprint density at radius 2 is 1.80 bits per heavy atom. The topological polar surface area (TPSA) is 79.1 Å². The van der Waals surface area contributed by atoms with Gasteiger partial charge in [0.25, 0.3) is 5.56 Å². The number of rotatable bonds is 9. The van der Waals surface area contributed by atoms with Crippen LogP contribution in [0.1, 0.15) is 18.9 Å². The fraction of sp³-hybridized carbons (Fsp3) is 0.385. The lowest BCUT2D eigenvalue weighted by Crippen LogP contribution is -2.37. The van der Waals surface area contributed by atoms with E-state index < -0.39 is 0 Å². The average Bonchev–Trinajstić information content (AvgIpc) is 2.83. The first kappa shape index (κ1) is 24.8. The molecule has 1 aliphatic heterocycles. The summed E-state index contributed by atoms with van der Waals surface area (Å²) in [7, 11) is 4.09. The van der Waals surface area contributed by atoms with Gasteiger partial charge in [-0.25, -0.2) is 0 Å². The number of hydrogen-bond acceptors (Lipinski definition) is 6. The predicted octanol–water partition coefficient (Wildman–Crippen LogP) is 3.85. The van der Waals surface area contributed by atoms with E-state index in [2.05, 4.69) is 15.2 Å². The molecule has 0 aliphatic carbocycles. The van der Waals surface area contributed by atoms with Crippen molar-refractivity contribution < 1.29 is 14.2 Å². The van der Waals surface area contributed by atoms with Gasteiger partial charge < -0.3 is 34.3 Å². The molecule has 0 amide bonds. The third-order valence-corrected chi connectivity index (χ3v) is 6.04. The fourth-order valence-corrected chi connectivity index (χ4v) is 4.22. The quantitative estimate of drug-likeness (QED) is 0.433. The second-order valence-electron chi connectivity index (χ2n) is 8.67. The summed E-state index contributed by atoms with van der Waals surface area (Å²) in [6.45, 7) is 5.60. The molecule has 9 heteroatoms. The van der Waals surface area contributed by atoms with Crippen LogP contribution in [-0.2, 0) is 6.54 Å². The maximum atomic E-state index is 13.0. The Balaban J connectivity index is 1.55. The Morgan fingerprint density at radius 3 is 2.49 bits per heavy atom. The zero-order chi connectivity index (χ0) is 24.8. The van der Waals surface area contributed by atoms with E-state index in [-0.39, 0.29) is 5.56 Å². The van der Waals surface area contributed by atoms with Crippen molar-refractivity contribution in [1.82, 2.24) is 14.8 Å². The number of nitrogens with one attached hydrogen (secondary N) is 2. The largest absolute Gasteiger partial charge is 0.494 e. The van der Waals surface area contributed by atoms with Crippen LogP contribution in [0.15, 0.2) is 47.3 Å². The number of ether oxygens (including phenoxy) is 3. The lowest BCUT2D eigenvalue weighted by molar-refractivity contribution is 0.172. The van der Waals surface area contributed by atoms with E-state index in [1.807, 2.05) is 68.4 Å². The van der Waals surface area contributed by atoms with E-state index in [0.717, 1.165) is 35.3 Å². The van der Waals surface area contributed by atoms with Gasteiger partial charge in [-0.2, -0.15) is 0 Å². The van der Waals surface area contributed by atoms with Crippen LogP contribution in [0.4, 0.5) is 5.69 Å². The molecule has 35 heavy (non-hydrogen) atoms. The van der Waals surface area contributed by atoms with Crippen LogP contribution >= 0.6 is 12.2 Å². The highest BCUT2D eigenvalue weighted by Crippen LogP contribution is 2.33. The molecule has 2 aromatic carbocycles. The first-order valence-corrected chi connectivity index (χ1v) is 12.2. The molecule has 186 valence electrons. The van der Waals surface area contributed by atoms with Gasteiger partial charge in [-0.05, 0) is 82.6 Å². The van der Waals surface area contributed by atoms with Crippen molar-refractivity contribution >= 4 is 33.9 Å². The maximum absolute atomic E-state index is 13.0. The highest BCUT2D eigenvalue weighted by Gasteiger charge is 2.17. The first-order valence-electron chi connectivity index (χ1n) is 11.8. The molecule has 1 aliphatic rings. The average molecular weight is 497 g/mol. The van der Waals surface area contributed by atoms with Gasteiger partial charge in [0.2, 0.25) is 0 Å². The zero-order valence-electron chi connectivity index (χ0n) is 20.4. The second-order valence-corrected chi connectivity index (χ2v) is 9.06. The summed E-state index contributed by atoms with van der Waals surface area (Å²) in [6, 6.07) is 13.3. The lowest BCUT2D eigenvalue weighted by Gasteiger charge is -2.26. The summed E-state index contributed by atoms with van der Waals surface area (Å²) in [6.07, 6.45) is 0.905. The molecule has 0 unspecified atom stereocenters. The van der Waals surface area contributed by atoms with Crippen LogP contribution < -0.4 is 25.1 Å². The van der Waals surface area contributed by atoms with E-state index in [0.29, 0.717) is 55.1 Å². The van der Waals surface area contributed by atoms with E-state index in [9.17, 15) is 4.79 Å². The third-order valence-electron chi connectivity index (χ3n) is 5.68. The molecule has 0 bridgehead atoms. The van der Waals surface area contributed by atoms with Crippen molar-refractivity contribution in [2.24, 2.45) is 0 Å². The molecule has 0 fully saturated rings. The van der Waals surface area contributed by atoms with Gasteiger partial charge >= 0.3 is 0 Å². The van der Waals surface area contributed by atoms with E-state index in [1.54, 1.807) is 0 Å². The van der Waals surface area contributed by atoms with Crippen LogP contribution in [0.5, 0.6) is 17.2 Å². The molecule has 2 heterocycles. The Bertz CT molecular complexity index is 1230. The standard InChI is InChI=1S/C26H32N4O4S/c1-4-32-21-8-6-20(7-9-21)27-26(35)30(11-5-10-29(2)3)17-19-14-18-15-23-24(34-13-12-33-23)16-22(18)28-25(19)31/h6-9,14-16H,4-5,10-13,17H2,1-3H3,(H,27,35)(H,28,31). The highest BCUT2D eigenvalue weighted by atomic mass is 32.1. The molecular formula is C26H32N4O4S.